The van der Waals surface area contributed by atoms with Crippen molar-refractivity contribution < 1.29 is 9.00 Å². The van der Waals surface area contributed by atoms with E-state index in [-0.39, 0.29) is 5.78 Å². The molecule has 2 rings (SSSR count). The Hall–Kier alpha value is -1.74. The molecule has 3 heteroatoms. The third-order valence-corrected chi connectivity index (χ3v) is 5.47. The Kier molecular flexibility index (Phi) is 5.07. The monoisotopic (exact) mass is 300 g/mol. The first-order valence-corrected chi connectivity index (χ1v) is 8.33. The second-order valence-corrected chi connectivity index (χ2v) is 6.81. The minimum Gasteiger partial charge on any atom is -0.293 e. The highest BCUT2D eigenvalue weighted by Gasteiger charge is 2.25. The number of hydrogen-bond donors (Lipinski definition) is 0. The van der Waals surface area contributed by atoms with Crippen LogP contribution >= 0.6 is 0 Å². The molecule has 0 radical (unpaired) electrons. The lowest BCUT2D eigenvalue weighted by molar-refractivity contribution is 0.0986. The fraction of sp³-hybridized carbons (Fsp3) is 0.278. The zero-order chi connectivity index (χ0) is 15.4. The van der Waals surface area contributed by atoms with Gasteiger partial charge in [0.05, 0.1) is 10.8 Å². The van der Waals surface area contributed by atoms with Gasteiger partial charge in [-0.2, -0.15) is 0 Å². The molecular weight excluding hydrogens is 280 g/mol. The van der Waals surface area contributed by atoms with Crippen LogP contribution in [0.3, 0.4) is 0 Å². The summed E-state index contributed by atoms with van der Waals surface area (Å²) in [7, 11) is -1.32. The summed E-state index contributed by atoms with van der Waals surface area (Å²) in [4.78, 5) is 13.3. The minimum absolute atomic E-state index is 0.0466. The van der Waals surface area contributed by atoms with Crippen LogP contribution in [0.2, 0.25) is 0 Å². The molecule has 2 nitrogen and oxygen atoms in total. The molecule has 0 aliphatic rings. The predicted molar refractivity (Wildman–Crippen MR) is 87.2 cm³/mol. The van der Waals surface area contributed by atoms with Crippen molar-refractivity contribution in [3.63, 3.8) is 0 Å². The van der Waals surface area contributed by atoms with Gasteiger partial charge in [-0.3, -0.25) is 9.00 Å². The van der Waals surface area contributed by atoms with Crippen LogP contribution in [0.4, 0.5) is 0 Å². The maximum Gasteiger partial charge on any atom is 0.178 e. The normalized spacial score (nSPS) is 13.7. The summed E-state index contributed by atoms with van der Waals surface area (Å²) < 4.78 is 12.7. The summed E-state index contributed by atoms with van der Waals surface area (Å²) in [5, 5.41) is -0.491. The van der Waals surface area contributed by atoms with Crippen molar-refractivity contribution in [3.05, 3.63) is 65.2 Å². The molecule has 0 saturated heterocycles. The van der Waals surface area contributed by atoms with Gasteiger partial charge in [0, 0.05) is 10.5 Å². The highest BCUT2D eigenvalue weighted by atomic mass is 32.2. The molecule has 0 fully saturated rings. The fourth-order valence-electron chi connectivity index (χ4n) is 2.23. The van der Waals surface area contributed by atoms with E-state index in [0.717, 1.165) is 16.0 Å². The van der Waals surface area contributed by atoms with E-state index in [2.05, 4.69) is 0 Å². The lowest BCUT2D eigenvalue weighted by atomic mass is 10.1. The Morgan fingerprint density at radius 3 is 2.29 bits per heavy atom. The largest absolute Gasteiger partial charge is 0.293 e. The highest BCUT2D eigenvalue weighted by Crippen LogP contribution is 2.20. The summed E-state index contributed by atoms with van der Waals surface area (Å²) in [6, 6.07) is 14.8. The standard InChI is InChI=1S/C18H20O2S/c1-4-17(18(19)15-8-6-5-7-9-15)21(20)16-11-10-13(2)14(3)12-16/h5-12,17H,4H2,1-3H3. The molecule has 2 atom stereocenters. The van der Waals surface area contributed by atoms with E-state index in [1.807, 2.05) is 57.2 Å². The van der Waals surface area contributed by atoms with Gasteiger partial charge in [-0.1, -0.05) is 43.3 Å². The lowest BCUT2D eigenvalue weighted by Crippen LogP contribution is -2.25. The van der Waals surface area contributed by atoms with E-state index < -0.39 is 16.0 Å². The average molecular weight is 300 g/mol. The first-order chi connectivity index (χ1) is 10.0. The molecule has 0 aliphatic heterocycles. The summed E-state index contributed by atoms with van der Waals surface area (Å²) in [6.07, 6.45) is 0.563. The summed E-state index contributed by atoms with van der Waals surface area (Å²) in [5.74, 6) is -0.0466. The van der Waals surface area contributed by atoms with Gasteiger partial charge in [-0.25, -0.2) is 0 Å². The van der Waals surface area contributed by atoms with E-state index in [4.69, 9.17) is 0 Å². The third kappa shape index (κ3) is 3.48. The molecule has 0 N–H and O–H groups in total. The number of rotatable bonds is 5. The molecule has 0 aromatic heterocycles. The SMILES string of the molecule is CCC(C(=O)c1ccccc1)S(=O)c1ccc(C)c(C)c1. The quantitative estimate of drug-likeness (QED) is 0.780. The van der Waals surface area contributed by atoms with Crippen LogP contribution in [0.1, 0.15) is 34.8 Å². The van der Waals surface area contributed by atoms with Gasteiger partial charge in [-0.05, 0) is 43.5 Å². The number of carbonyl (C=O) groups excluding carboxylic acids is 1. The fourth-order valence-corrected chi connectivity index (χ4v) is 3.68. The molecule has 0 spiro atoms. The average Bonchev–Trinajstić information content (AvgIpc) is 2.51. The second-order valence-electron chi connectivity index (χ2n) is 5.17. The van der Waals surface area contributed by atoms with Crippen molar-refractivity contribution in [2.24, 2.45) is 0 Å². The van der Waals surface area contributed by atoms with Gasteiger partial charge >= 0.3 is 0 Å². The number of ketones is 1. The number of aryl methyl sites for hydroxylation is 2. The molecule has 0 saturated carbocycles. The Morgan fingerprint density at radius 2 is 1.71 bits per heavy atom. The zero-order valence-electron chi connectivity index (χ0n) is 12.6. The van der Waals surface area contributed by atoms with Crippen molar-refractivity contribution in [2.75, 3.05) is 0 Å². The van der Waals surface area contributed by atoms with Crippen molar-refractivity contribution in [3.8, 4) is 0 Å². The maximum absolute atomic E-state index is 12.7. The summed E-state index contributed by atoms with van der Waals surface area (Å²) in [5.41, 5.74) is 2.89. The first-order valence-electron chi connectivity index (χ1n) is 7.11. The van der Waals surface area contributed by atoms with Crippen LogP contribution in [0.25, 0.3) is 0 Å². The highest BCUT2D eigenvalue weighted by molar-refractivity contribution is 7.86. The van der Waals surface area contributed by atoms with Crippen LogP contribution in [0.15, 0.2) is 53.4 Å². The summed E-state index contributed by atoms with van der Waals surface area (Å²) in [6.45, 7) is 5.93. The Morgan fingerprint density at radius 1 is 1.05 bits per heavy atom. The van der Waals surface area contributed by atoms with Crippen LogP contribution in [-0.4, -0.2) is 15.2 Å². The van der Waals surface area contributed by atoms with Crippen LogP contribution in [-0.2, 0) is 10.8 Å². The van der Waals surface area contributed by atoms with Gasteiger partial charge in [0.2, 0.25) is 0 Å². The van der Waals surface area contributed by atoms with E-state index in [1.54, 1.807) is 12.1 Å². The lowest BCUT2D eigenvalue weighted by Gasteiger charge is -2.14. The molecule has 0 bridgehead atoms. The molecule has 0 amide bonds. The van der Waals surface area contributed by atoms with E-state index >= 15 is 0 Å². The maximum atomic E-state index is 12.7. The van der Waals surface area contributed by atoms with Gasteiger partial charge in [0.25, 0.3) is 0 Å². The Bertz CT molecular complexity index is 662. The van der Waals surface area contributed by atoms with E-state index in [1.165, 1.54) is 0 Å². The van der Waals surface area contributed by atoms with E-state index in [0.29, 0.717) is 12.0 Å². The second kappa shape index (κ2) is 6.81. The first kappa shape index (κ1) is 15.6. The molecule has 0 heterocycles. The molecule has 2 aromatic carbocycles. The van der Waals surface area contributed by atoms with E-state index in [9.17, 15) is 9.00 Å². The van der Waals surface area contributed by atoms with Crippen LogP contribution < -0.4 is 0 Å². The molecular formula is C18H20O2S. The van der Waals surface area contributed by atoms with Gasteiger partial charge in [0.1, 0.15) is 5.25 Å². The Labute approximate surface area is 128 Å². The number of carbonyl (C=O) groups is 1. The summed E-state index contributed by atoms with van der Waals surface area (Å²) >= 11 is 0. The van der Waals surface area contributed by atoms with Gasteiger partial charge in [-0.15, -0.1) is 0 Å². The molecule has 21 heavy (non-hydrogen) atoms. The topological polar surface area (TPSA) is 34.1 Å². The molecule has 2 unspecified atom stereocenters. The molecule has 0 aliphatic carbocycles. The third-order valence-electron chi connectivity index (χ3n) is 3.69. The number of Topliss-reactive ketones (excluding diaryl/α,β-unsaturated/α-hetero) is 1. The van der Waals surface area contributed by atoms with Crippen molar-refractivity contribution >= 4 is 16.6 Å². The minimum atomic E-state index is -1.32. The van der Waals surface area contributed by atoms with Crippen molar-refractivity contribution in [2.45, 2.75) is 37.3 Å². The number of hydrogen-bond acceptors (Lipinski definition) is 2. The van der Waals surface area contributed by atoms with Crippen molar-refractivity contribution in [1.29, 1.82) is 0 Å². The smallest absolute Gasteiger partial charge is 0.178 e. The zero-order valence-corrected chi connectivity index (χ0v) is 13.4. The van der Waals surface area contributed by atoms with Crippen molar-refractivity contribution in [1.82, 2.24) is 0 Å². The molecule has 110 valence electrons. The van der Waals surface area contributed by atoms with Crippen LogP contribution in [0, 0.1) is 13.8 Å². The van der Waals surface area contributed by atoms with Crippen LogP contribution in [0.5, 0.6) is 0 Å². The van der Waals surface area contributed by atoms with Gasteiger partial charge < -0.3 is 0 Å². The van der Waals surface area contributed by atoms with Gasteiger partial charge in [0.15, 0.2) is 5.78 Å². The Balaban J connectivity index is 2.30. The number of benzene rings is 2. The molecule has 2 aromatic rings. The predicted octanol–water partition coefficient (Wildman–Crippen LogP) is 4.07.